The number of amides is 1. The molecule has 3 rings (SSSR count). The number of rotatable bonds is 6. The van der Waals surface area contributed by atoms with Gasteiger partial charge in [-0.1, -0.05) is 29.3 Å². The number of carbonyl (C=O) groups is 1. The molecule has 0 spiro atoms. The van der Waals surface area contributed by atoms with Crippen molar-refractivity contribution in [1.82, 2.24) is 0 Å². The van der Waals surface area contributed by atoms with Gasteiger partial charge in [0.15, 0.2) is 5.17 Å². The first-order valence-corrected chi connectivity index (χ1v) is 9.52. The van der Waals surface area contributed by atoms with Crippen LogP contribution in [-0.4, -0.2) is 24.3 Å². The molecule has 2 aromatic rings. The quantitative estimate of drug-likeness (QED) is 0.574. The second-order valence-corrected chi connectivity index (χ2v) is 7.51. The minimum Gasteiger partial charge on any atom is -0.490 e. The Balaban J connectivity index is 1.65. The van der Waals surface area contributed by atoms with Crippen LogP contribution >= 0.6 is 23.4 Å². The van der Waals surface area contributed by atoms with Crippen LogP contribution in [0.5, 0.6) is 11.5 Å². The molecule has 1 heterocycles. The van der Waals surface area contributed by atoms with E-state index in [1.807, 2.05) is 26.0 Å². The van der Waals surface area contributed by atoms with Gasteiger partial charge in [-0.05, 0) is 61.5 Å². The minimum absolute atomic E-state index is 0.234. The van der Waals surface area contributed by atoms with Gasteiger partial charge in [-0.2, -0.15) is 4.99 Å². The second-order valence-electron chi connectivity index (χ2n) is 6.01. The summed E-state index contributed by atoms with van der Waals surface area (Å²) < 4.78 is 11.6. The van der Waals surface area contributed by atoms with E-state index >= 15 is 0 Å². The Kier molecular flexibility index (Phi) is 6.08. The van der Waals surface area contributed by atoms with E-state index in [2.05, 4.69) is 11.1 Å². The average Bonchev–Trinajstić information content (AvgIpc) is 2.92. The Morgan fingerprint density at radius 3 is 2.48 bits per heavy atom. The first-order valence-electron chi connectivity index (χ1n) is 8.33. The van der Waals surface area contributed by atoms with E-state index < -0.39 is 0 Å². The molecule has 0 atom stereocenters. The van der Waals surface area contributed by atoms with Crippen LogP contribution in [-0.2, 0) is 4.79 Å². The van der Waals surface area contributed by atoms with Gasteiger partial charge >= 0.3 is 0 Å². The van der Waals surface area contributed by atoms with Crippen LogP contribution in [0.15, 0.2) is 46.3 Å². The lowest BCUT2D eigenvalue weighted by Gasteiger charge is -2.12. The van der Waals surface area contributed by atoms with Crippen LogP contribution < -0.4 is 15.2 Å². The van der Waals surface area contributed by atoms with E-state index in [1.165, 1.54) is 5.56 Å². The van der Waals surface area contributed by atoms with Gasteiger partial charge in [0.25, 0.3) is 5.91 Å². The maximum atomic E-state index is 11.8. The number of carbonyl (C=O) groups excluding carboxylic acids is 1. The lowest BCUT2D eigenvalue weighted by atomic mass is 10.1. The first-order chi connectivity index (χ1) is 12.9. The molecule has 0 saturated carbocycles. The highest BCUT2D eigenvalue weighted by molar-refractivity contribution is 8.18. The molecule has 1 aliphatic rings. The molecule has 0 bridgehead atoms. The third kappa shape index (κ3) is 5.05. The van der Waals surface area contributed by atoms with Gasteiger partial charge in [-0.25, -0.2) is 0 Å². The lowest BCUT2D eigenvalue weighted by Crippen LogP contribution is -2.10. The van der Waals surface area contributed by atoms with Crippen molar-refractivity contribution in [3.05, 3.63) is 63.0 Å². The minimum atomic E-state index is -0.360. The van der Waals surface area contributed by atoms with Crippen LogP contribution in [0.25, 0.3) is 6.08 Å². The number of aryl methyl sites for hydroxylation is 2. The molecule has 0 aliphatic carbocycles. The van der Waals surface area contributed by atoms with E-state index in [9.17, 15) is 4.79 Å². The largest absolute Gasteiger partial charge is 0.490 e. The fraction of sp³-hybridized carbons (Fsp3) is 0.200. The van der Waals surface area contributed by atoms with Crippen molar-refractivity contribution in [1.29, 1.82) is 0 Å². The number of amidine groups is 1. The number of aliphatic imine (C=N–C) groups is 1. The van der Waals surface area contributed by atoms with Gasteiger partial charge in [0.1, 0.15) is 24.7 Å². The summed E-state index contributed by atoms with van der Waals surface area (Å²) in [6.45, 7) is 4.80. The molecule has 1 aliphatic heterocycles. The summed E-state index contributed by atoms with van der Waals surface area (Å²) in [7, 11) is 0. The van der Waals surface area contributed by atoms with Crippen molar-refractivity contribution in [3.8, 4) is 11.5 Å². The number of hydrogen-bond donors (Lipinski definition) is 1. The molecule has 0 fully saturated rings. The predicted octanol–water partition coefficient (Wildman–Crippen LogP) is 4.34. The summed E-state index contributed by atoms with van der Waals surface area (Å²) in [4.78, 5) is 15.9. The zero-order valence-corrected chi connectivity index (χ0v) is 16.6. The molecule has 0 saturated heterocycles. The van der Waals surface area contributed by atoms with Crippen LogP contribution in [0.1, 0.15) is 16.7 Å². The number of nitrogens with zero attached hydrogens (tertiary/aromatic N) is 1. The lowest BCUT2D eigenvalue weighted by molar-refractivity contribution is -0.113. The van der Waals surface area contributed by atoms with Crippen molar-refractivity contribution < 1.29 is 14.3 Å². The van der Waals surface area contributed by atoms with Gasteiger partial charge in [0.2, 0.25) is 0 Å². The highest BCUT2D eigenvalue weighted by atomic mass is 35.5. The maximum Gasteiger partial charge on any atom is 0.286 e. The number of ether oxygens (including phenoxy) is 2. The summed E-state index contributed by atoms with van der Waals surface area (Å²) in [5, 5.41) is 0.780. The summed E-state index contributed by atoms with van der Waals surface area (Å²) >= 11 is 7.21. The fourth-order valence-electron chi connectivity index (χ4n) is 2.59. The van der Waals surface area contributed by atoms with Gasteiger partial charge in [-0.15, -0.1) is 0 Å². The van der Waals surface area contributed by atoms with Gasteiger partial charge in [0, 0.05) is 10.6 Å². The zero-order valence-electron chi connectivity index (χ0n) is 15.0. The Morgan fingerprint density at radius 1 is 1.11 bits per heavy atom. The molecule has 5 nitrogen and oxygen atoms in total. The van der Waals surface area contributed by atoms with Crippen LogP contribution in [0.2, 0.25) is 5.02 Å². The molecule has 0 unspecified atom stereocenters. The average molecular weight is 403 g/mol. The molecule has 2 aromatic carbocycles. The summed E-state index contributed by atoms with van der Waals surface area (Å²) in [6, 6.07) is 11.3. The van der Waals surface area contributed by atoms with Crippen LogP contribution in [0.4, 0.5) is 0 Å². The Morgan fingerprint density at radius 2 is 1.81 bits per heavy atom. The molecule has 7 heteroatoms. The Labute approximate surface area is 167 Å². The summed E-state index contributed by atoms with van der Waals surface area (Å²) in [6.07, 6.45) is 1.68. The third-order valence-electron chi connectivity index (χ3n) is 3.82. The summed E-state index contributed by atoms with van der Waals surface area (Å²) in [5.41, 5.74) is 8.56. The van der Waals surface area contributed by atoms with E-state index in [0.717, 1.165) is 23.1 Å². The van der Waals surface area contributed by atoms with Gasteiger partial charge < -0.3 is 15.2 Å². The molecule has 140 valence electrons. The van der Waals surface area contributed by atoms with Crippen LogP contribution in [0, 0.1) is 13.8 Å². The highest BCUT2D eigenvalue weighted by Gasteiger charge is 2.20. The molecule has 27 heavy (non-hydrogen) atoms. The third-order valence-corrected chi connectivity index (χ3v) is 4.87. The topological polar surface area (TPSA) is 73.9 Å². The van der Waals surface area contributed by atoms with Gasteiger partial charge in [0.05, 0.1) is 4.91 Å². The Bertz CT molecular complexity index is 941. The first kappa shape index (κ1) is 19.3. The van der Waals surface area contributed by atoms with Crippen LogP contribution in [0.3, 0.4) is 0 Å². The predicted molar refractivity (Wildman–Crippen MR) is 111 cm³/mol. The Hall–Kier alpha value is -2.44. The highest BCUT2D eigenvalue weighted by Crippen LogP contribution is 2.31. The van der Waals surface area contributed by atoms with E-state index in [4.69, 9.17) is 26.8 Å². The van der Waals surface area contributed by atoms with E-state index in [-0.39, 0.29) is 11.1 Å². The van der Waals surface area contributed by atoms with Gasteiger partial charge in [-0.3, -0.25) is 4.79 Å². The fourth-order valence-corrected chi connectivity index (χ4v) is 3.45. The van der Waals surface area contributed by atoms with Crippen molar-refractivity contribution in [2.75, 3.05) is 13.2 Å². The number of nitrogens with two attached hydrogens (primary N) is 1. The SMILES string of the molecule is Cc1ccc(OCCOc2ccc(Cl)cc2C=C2SC(N)=NC2=O)c(C)c1. The number of thioether (sulfide) groups is 1. The second kappa shape index (κ2) is 8.50. The van der Waals surface area contributed by atoms with Crippen molar-refractivity contribution in [2.24, 2.45) is 10.7 Å². The number of halogens is 1. The number of hydrogen-bond acceptors (Lipinski definition) is 5. The molecular weight excluding hydrogens is 384 g/mol. The standard InChI is InChI=1S/C20H19ClN2O3S/c1-12-3-5-16(13(2)9-12)25-7-8-26-17-6-4-15(21)10-14(17)11-18-19(24)23-20(22)27-18/h3-6,9-11H,7-8H2,1-2H3,(H2,22,23,24). The maximum absolute atomic E-state index is 11.8. The molecule has 0 radical (unpaired) electrons. The normalized spacial score (nSPS) is 15.1. The van der Waals surface area contributed by atoms with E-state index in [0.29, 0.717) is 34.5 Å². The van der Waals surface area contributed by atoms with Crippen molar-refractivity contribution in [3.63, 3.8) is 0 Å². The zero-order chi connectivity index (χ0) is 19.4. The van der Waals surface area contributed by atoms with E-state index in [1.54, 1.807) is 24.3 Å². The smallest absolute Gasteiger partial charge is 0.286 e. The molecule has 0 aromatic heterocycles. The van der Waals surface area contributed by atoms with Crippen molar-refractivity contribution >= 4 is 40.5 Å². The molecular formula is C20H19ClN2O3S. The summed E-state index contributed by atoms with van der Waals surface area (Å²) in [5.74, 6) is 1.08. The number of benzene rings is 2. The van der Waals surface area contributed by atoms with Crippen molar-refractivity contribution in [2.45, 2.75) is 13.8 Å². The molecule has 1 amide bonds. The molecule has 2 N–H and O–H groups in total. The monoisotopic (exact) mass is 402 g/mol.